The van der Waals surface area contributed by atoms with Crippen LogP contribution in [0.5, 0.6) is 0 Å². The lowest BCUT2D eigenvalue weighted by atomic mass is 10.1. The average molecular weight is 178 g/mol. The van der Waals surface area contributed by atoms with Crippen LogP contribution in [0.15, 0.2) is 24.3 Å². The van der Waals surface area contributed by atoms with Crippen molar-refractivity contribution >= 4 is 5.96 Å². The maximum absolute atomic E-state index is 7.01. The predicted octanol–water partition coefficient (Wildman–Crippen LogP) is 0.128. The predicted molar refractivity (Wildman–Crippen MR) is 53.1 cm³/mol. The molecule has 1 aromatic rings. The van der Waals surface area contributed by atoms with E-state index >= 15 is 0 Å². The van der Waals surface area contributed by atoms with Crippen molar-refractivity contribution in [3.8, 4) is 0 Å². The SMILES string of the molecule is N=C(N)NCc1ccccc1CN. The zero-order chi connectivity index (χ0) is 9.68. The van der Waals surface area contributed by atoms with E-state index in [-0.39, 0.29) is 5.96 Å². The molecular formula is C9H14N4. The molecule has 0 spiro atoms. The Bertz CT molecular complexity index is 295. The number of nitrogens with two attached hydrogens (primary N) is 2. The maximum Gasteiger partial charge on any atom is 0.185 e. The quantitative estimate of drug-likeness (QED) is 0.392. The number of benzene rings is 1. The Labute approximate surface area is 77.4 Å². The normalized spacial score (nSPS) is 9.62. The van der Waals surface area contributed by atoms with Crippen molar-refractivity contribution in [1.29, 1.82) is 5.41 Å². The van der Waals surface area contributed by atoms with Crippen LogP contribution in [0.25, 0.3) is 0 Å². The van der Waals surface area contributed by atoms with Gasteiger partial charge in [-0.2, -0.15) is 0 Å². The molecule has 0 saturated carbocycles. The van der Waals surface area contributed by atoms with Gasteiger partial charge in [0.25, 0.3) is 0 Å². The first-order valence-corrected chi connectivity index (χ1v) is 4.08. The molecule has 0 aliphatic rings. The number of guanidine groups is 1. The first kappa shape index (κ1) is 9.54. The molecule has 13 heavy (non-hydrogen) atoms. The Balaban J connectivity index is 2.69. The van der Waals surface area contributed by atoms with Gasteiger partial charge < -0.3 is 16.8 Å². The van der Waals surface area contributed by atoms with E-state index in [0.717, 1.165) is 11.1 Å². The molecule has 0 fully saturated rings. The summed E-state index contributed by atoms with van der Waals surface area (Å²) in [5.41, 5.74) is 12.9. The highest BCUT2D eigenvalue weighted by atomic mass is 15.0. The van der Waals surface area contributed by atoms with Crippen molar-refractivity contribution in [3.63, 3.8) is 0 Å². The highest BCUT2D eigenvalue weighted by molar-refractivity contribution is 5.74. The van der Waals surface area contributed by atoms with Crippen LogP contribution in [-0.4, -0.2) is 5.96 Å². The molecule has 0 aliphatic heterocycles. The van der Waals surface area contributed by atoms with Gasteiger partial charge in [0, 0.05) is 13.1 Å². The van der Waals surface area contributed by atoms with Gasteiger partial charge in [0.1, 0.15) is 0 Å². The lowest BCUT2D eigenvalue weighted by Gasteiger charge is -2.08. The molecular weight excluding hydrogens is 164 g/mol. The third-order valence-electron chi connectivity index (χ3n) is 1.81. The van der Waals surface area contributed by atoms with Gasteiger partial charge in [0.15, 0.2) is 5.96 Å². The summed E-state index contributed by atoms with van der Waals surface area (Å²) in [6, 6.07) is 7.82. The van der Waals surface area contributed by atoms with Crippen LogP contribution >= 0.6 is 0 Å². The second kappa shape index (κ2) is 4.47. The van der Waals surface area contributed by atoms with E-state index < -0.39 is 0 Å². The lowest BCUT2D eigenvalue weighted by Crippen LogP contribution is -2.30. The Morgan fingerprint density at radius 3 is 2.46 bits per heavy atom. The molecule has 1 rings (SSSR count). The second-order valence-corrected chi connectivity index (χ2v) is 2.74. The molecule has 6 N–H and O–H groups in total. The van der Waals surface area contributed by atoms with Crippen molar-refractivity contribution in [1.82, 2.24) is 5.32 Å². The van der Waals surface area contributed by atoms with Crippen LogP contribution in [0.3, 0.4) is 0 Å². The summed E-state index contributed by atoms with van der Waals surface area (Å²) in [7, 11) is 0. The largest absolute Gasteiger partial charge is 0.370 e. The zero-order valence-corrected chi connectivity index (χ0v) is 7.38. The van der Waals surface area contributed by atoms with Crippen LogP contribution in [0.2, 0.25) is 0 Å². The molecule has 70 valence electrons. The highest BCUT2D eigenvalue weighted by Gasteiger charge is 1.98. The molecule has 0 unspecified atom stereocenters. The van der Waals surface area contributed by atoms with Gasteiger partial charge in [0.05, 0.1) is 0 Å². The van der Waals surface area contributed by atoms with Crippen molar-refractivity contribution in [2.45, 2.75) is 13.1 Å². The number of nitrogens with one attached hydrogen (secondary N) is 2. The smallest absolute Gasteiger partial charge is 0.185 e. The van der Waals surface area contributed by atoms with Crippen LogP contribution in [0.4, 0.5) is 0 Å². The third-order valence-corrected chi connectivity index (χ3v) is 1.81. The Morgan fingerprint density at radius 2 is 1.92 bits per heavy atom. The van der Waals surface area contributed by atoms with E-state index in [4.69, 9.17) is 16.9 Å². The van der Waals surface area contributed by atoms with Gasteiger partial charge in [-0.1, -0.05) is 24.3 Å². The molecule has 0 saturated heterocycles. The molecule has 4 nitrogen and oxygen atoms in total. The molecule has 0 bridgehead atoms. The fourth-order valence-electron chi connectivity index (χ4n) is 1.12. The summed E-state index contributed by atoms with van der Waals surface area (Å²) in [6.45, 7) is 1.07. The van der Waals surface area contributed by atoms with Crippen molar-refractivity contribution in [2.24, 2.45) is 11.5 Å². The summed E-state index contributed by atoms with van der Waals surface area (Å²) >= 11 is 0. The molecule has 1 aromatic carbocycles. The van der Waals surface area contributed by atoms with Crippen LogP contribution in [0.1, 0.15) is 11.1 Å². The highest BCUT2D eigenvalue weighted by Crippen LogP contribution is 2.06. The molecule has 0 heterocycles. The first-order valence-electron chi connectivity index (χ1n) is 4.08. The zero-order valence-electron chi connectivity index (χ0n) is 7.38. The standard InChI is InChI=1S/C9H14N4/c10-5-7-3-1-2-4-8(7)6-13-9(11)12/h1-4H,5-6,10H2,(H4,11,12,13). The Hall–Kier alpha value is -1.55. The van der Waals surface area contributed by atoms with Crippen molar-refractivity contribution < 1.29 is 0 Å². The van der Waals surface area contributed by atoms with Gasteiger partial charge >= 0.3 is 0 Å². The Kier molecular flexibility index (Phi) is 3.28. The molecule has 0 aromatic heterocycles. The van der Waals surface area contributed by atoms with Crippen molar-refractivity contribution in [2.75, 3.05) is 0 Å². The average Bonchev–Trinajstić information content (AvgIpc) is 2.15. The van der Waals surface area contributed by atoms with Gasteiger partial charge in [0.2, 0.25) is 0 Å². The molecule has 0 atom stereocenters. The van der Waals surface area contributed by atoms with Gasteiger partial charge in [-0.05, 0) is 11.1 Å². The van der Waals surface area contributed by atoms with E-state index in [2.05, 4.69) is 5.32 Å². The maximum atomic E-state index is 7.01. The lowest BCUT2D eigenvalue weighted by molar-refractivity contribution is 0.872. The summed E-state index contributed by atoms with van der Waals surface area (Å²) < 4.78 is 0. The van der Waals surface area contributed by atoms with Crippen LogP contribution in [0, 0.1) is 5.41 Å². The fraction of sp³-hybridized carbons (Fsp3) is 0.222. The van der Waals surface area contributed by atoms with E-state index in [1.807, 2.05) is 24.3 Å². The van der Waals surface area contributed by atoms with E-state index in [1.165, 1.54) is 0 Å². The third kappa shape index (κ3) is 2.76. The molecule has 0 amide bonds. The molecule has 0 radical (unpaired) electrons. The molecule has 4 heteroatoms. The number of hydrogen-bond donors (Lipinski definition) is 4. The number of rotatable bonds is 3. The minimum Gasteiger partial charge on any atom is -0.370 e. The van der Waals surface area contributed by atoms with Gasteiger partial charge in [-0.15, -0.1) is 0 Å². The van der Waals surface area contributed by atoms with E-state index in [1.54, 1.807) is 0 Å². The van der Waals surface area contributed by atoms with Crippen molar-refractivity contribution in [3.05, 3.63) is 35.4 Å². The van der Waals surface area contributed by atoms with Gasteiger partial charge in [-0.25, -0.2) is 0 Å². The first-order chi connectivity index (χ1) is 6.24. The van der Waals surface area contributed by atoms with E-state index in [0.29, 0.717) is 13.1 Å². The summed E-state index contributed by atoms with van der Waals surface area (Å²) in [6.07, 6.45) is 0. The minimum atomic E-state index is -0.0215. The Morgan fingerprint density at radius 1 is 1.31 bits per heavy atom. The second-order valence-electron chi connectivity index (χ2n) is 2.74. The summed E-state index contributed by atoms with van der Waals surface area (Å²) in [5, 5.41) is 9.75. The molecule has 0 aliphatic carbocycles. The monoisotopic (exact) mass is 178 g/mol. The summed E-state index contributed by atoms with van der Waals surface area (Å²) in [5.74, 6) is -0.0215. The van der Waals surface area contributed by atoms with E-state index in [9.17, 15) is 0 Å². The summed E-state index contributed by atoms with van der Waals surface area (Å²) in [4.78, 5) is 0. The topological polar surface area (TPSA) is 87.9 Å². The minimum absolute atomic E-state index is 0.0215. The van der Waals surface area contributed by atoms with Crippen LogP contribution in [-0.2, 0) is 13.1 Å². The number of hydrogen-bond acceptors (Lipinski definition) is 2. The fourth-order valence-corrected chi connectivity index (χ4v) is 1.12. The van der Waals surface area contributed by atoms with Gasteiger partial charge in [-0.3, -0.25) is 5.41 Å². The van der Waals surface area contributed by atoms with Crippen LogP contribution < -0.4 is 16.8 Å².